The highest BCUT2D eigenvalue weighted by Gasteiger charge is 2.16. The Kier molecular flexibility index (Phi) is 3.88. The summed E-state index contributed by atoms with van der Waals surface area (Å²) in [5, 5.41) is 3.39. The molecule has 0 fully saturated rings. The molecule has 0 amide bonds. The summed E-state index contributed by atoms with van der Waals surface area (Å²) in [6.07, 6.45) is 4.53. The first kappa shape index (κ1) is 14.0. The molecule has 1 aromatic heterocycles. The van der Waals surface area contributed by atoms with E-state index in [1.165, 1.54) is 29.7 Å². The SMILES string of the molecule is Cc1ccccc1Nc1nc2c(cc1C(N)=S)CCCC2. The highest BCUT2D eigenvalue weighted by Crippen LogP contribution is 2.27. The molecule has 3 N–H and O–H groups in total. The van der Waals surface area contributed by atoms with Crippen LogP contribution in [0.3, 0.4) is 0 Å². The van der Waals surface area contributed by atoms with Crippen molar-refractivity contribution in [3.8, 4) is 0 Å². The standard InChI is InChI=1S/C17H19N3S/c1-11-6-2-4-8-14(11)19-17-13(16(18)21)10-12-7-3-5-9-15(12)20-17/h2,4,6,8,10H,3,5,7,9H2,1H3,(H2,18,21)(H,19,20). The first-order chi connectivity index (χ1) is 10.1. The second kappa shape index (κ2) is 5.82. The molecule has 1 aliphatic carbocycles. The third-order valence-corrected chi connectivity index (χ3v) is 4.18. The van der Waals surface area contributed by atoms with Gasteiger partial charge in [0.05, 0.1) is 5.56 Å². The van der Waals surface area contributed by atoms with Gasteiger partial charge in [-0.25, -0.2) is 4.98 Å². The lowest BCUT2D eigenvalue weighted by Gasteiger charge is -2.19. The molecule has 0 radical (unpaired) electrons. The Bertz CT molecular complexity index is 694. The number of pyridine rings is 1. The van der Waals surface area contributed by atoms with E-state index in [4.69, 9.17) is 22.9 Å². The zero-order valence-electron chi connectivity index (χ0n) is 12.1. The van der Waals surface area contributed by atoms with Gasteiger partial charge in [0.1, 0.15) is 10.8 Å². The molecule has 2 aromatic rings. The number of nitrogens with zero attached hydrogens (tertiary/aromatic N) is 1. The van der Waals surface area contributed by atoms with Crippen molar-refractivity contribution in [1.29, 1.82) is 0 Å². The fourth-order valence-electron chi connectivity index (χ4n) is 2.76. The summed E-state index contributed by atoms with van der Waals surface area (Å²) >= 11 is 5.20. The second-order valence-corrected chi connectivity index (χ2v) is 5.94. The molecule has 0 saturated carbocycles. The number of anilines is 2. The molecule has 1 heterocycles. The van der Waals surface area contributed by atoms with Crippen LogP contribution < -0.4 is 11.1 Å². The minimum Gasteiger partial charge on any atom is -0.389 e. The summed E-state index contributed by atoms with van der Waals surface area (Å²) in [6.45, 7) is 2.07. The minimum atomic E-state index is 0.395. The van der Waals surface area contributed by atoms with Crippen molar-refractivity contribution < 1.29 is 0 Å². The predicted octanol–water partition coefficient (Wildman–Crippen LogP) is 3.65. The van der Waals surface area contributed by atoms with E-state index in [1.54, 1.807) is 0 Å². The van der Waals surface area contributed by atoms with Crippen molar-refractivity contribution in [3.05, 3.63) is 52.7 Å². The summed E-state index contributed by atoms with van der Waals surface area (Å²) < 4.78 is 0. The maximum Gasteiger partial charge on any atom is 0.140 e. The number of benzene rings is 1. The molecule has 0 spiro atoms. The van der Waals surface area contributed by atoms with Gasteiger partial charge in [-0.15, -0.1) is 0 Å². The van der Waals surface area contributed by atoms with Gasteiger partial charge in [0.25, 0.3) is 0 Å². The largest absolute Gasteiger partial charge is 0.389 e. The van der Waals surface area contributed by atoms with Crippen LogP contribution in [0.25, 0.3) is 0 Å². The zero-order chi connectivity index (χ0) is 14.8. The molecule has 3 rings (SSSR count). The number of aromatic nitrogens is 1. The van der Waals surface area contributed by atoms with Crippen LogP contribution in [0.5, 0.6) is 0 Å². The number of rotatable bonds is 3. The Hall–Kier alpha value is -1.94. The van der Waals surface area contributed by atoms with Crippen LogP contribution in [0.15, 0.2) is 30.3 Å². The van der Waals surface area contributed by atoms with Crippen molar-refractivity contribution in [2.45, 2.75) is 32.6 Å². The van der Waals surface area contributed by atoms with Gasteiger partial charge < -0.3 is 11.1 Å². The van der Waals surface area contributed by atoms with Gasteiger partial charge in [0.2, 0.25) is 0 Å². The second-order valence-electron chi connectivity index (χ2n) is 5.50. The van der Waals surface area contributed by atoms with Crippen LogP contribution >= 0.6 is 12.2 Å². The molecule has 0 atom stereocenters. The highest BCUT2D eigenvalue weighted by molar-refractivity contribution is 7.80. The van der Waals surface area contributed by atoms with E-state index in [0.717, 1.165) is 29.9 Å². The fourth-order valence-corrected chi connectivity index (χ4v) is 2.91. The number of nitrogens with one attached hydrogen (secondary N) is 1. The molecule has 0 unspecified atom stereocenters. The van der Waals surface area contributed by atoms with Crippen molar-refractivity contribution in [2.75, 3.05) is 5.32 Å². The summed E-state index contributed by atoms with van der Waals surface area (Å²) in [4.78, 5) is 5.19. The van der Waals surface area contributed by atoms with E-state index in [2.05, 4.69) is 24.4 Å². The smallest absolute Gasteiger partial charge is 0.140 e. The predicted molar refractivity (Wildman–Crippen MR) is 91.2 cm³/mol. The number of hydrogen-bond acceptors (Lipinski definition) is 3. The molecule has 0 saturated heterocycles. The van der Waals surface area contributed by atoms with Crippen LogP contribution in [0.2, 0.25) is 0 Å². The Labute approximate surface area is 130 Å². The van der Waals surface area contributed by atoms with Crippen LogP contribution in [0.4, 0.5) is 11.5 Å². The van der Waals surface area contributed by atoms with Gasteiger partial charge >= 0.3 is 0 Å². The van der Waals surface area contributed by atoms with Crippen molar-refractivity contribution >= 4 is 28.7 Å². The van der Waals surface area contributed by atoms with Gasteiger partial charge in [-0.1, -0.05) is 30.4 Å². The van der Waals surface area contributed by atoms with Crippen molar-refractivity contribution in [1.82, 2.24) is 4.98 Å². The number of para-hydroxylation sites is 1. The first-order valence-corrected chi connectivity index (χ1v) is 7.71. The molecule has 21 heavy (non-hydrogen) atoms. The summed E-state index contributed by atoms with van der Waals surface area (Å²) in [5.41, 5.74) is 11.4. The van der Waals surface area contributed by atoms with Crippen molar-refractivity contribution in [2.24, 2.45) is 5.73 Å². The average Bonchev–Trinajstić information content (AvgIpc) is 2.48. The maximum absolute atomic E-state index is 5.89. The lowest BCUT2D eigenvalue weighted by atomic mass is 9.94. The fraction of sp³-hybridized carbons (Fsp3) is 0.294. The topological polar surface area (TPSA) is 50.9 Å². The summed E-state index contributed by atoms with van der Waals surface area (Å²) in [6, 6.07) is 10.3. The van der Waals surface area contributed by atoms with Crippen LogP contribution in [0, 0.1) is 6.92 Å². The zero-order valence-corrected chi connectivity index (χ0v) is 13.0. The monoisotopic (exact) mass is 297 g/mol. The highest BCUT2D eigenvalue weighted by atomic mass is 32.1. The Morgan fingerprint density at radius 2 is 2.00 bits per heavy atom. The molecule has 3 nitrogen and oxygen atoms in total. The minimum absolute atomic E-state index is 0.395. The number of aryl methyl sites for hydroxylation is 3. The number of fused-ring (bicyclic) bond motifs is 1. The van der Waals surface area contributed by atoms with E-state index >= 15 is 0 Å². The molecule has 0 bridgehead atoms. The Morgan fingerprint density at radius 1 is 1.24 bits per heavy atom. The Morgan fingerprint density at radius 3 is 2.76 bits per heavy atom. The van der Waals surface area contributed by atoms with E-state index in [9.17, 15) is 0 Å². The Balaban J connectivity index is 2.04. The average molecular weight is 297 g/mol. The molecule has 108 valence electrons. The lowest BCUT2D eigenvalue weighted by Crippen LogP contribution is -2.17. The third kappa shape index (κ3) is 2.90. The van der Waals surface area contributed by atoms with Gasteiger partial charge in [0.15, 0.2) is 0 Å². The van der Waals surface area contributed by atoms with Gasteiger partial charge in [-0.3, -0.25) is 0 Å². The van der Waals surface area contributed by atoms with Gasteiger partial charge in [0, 0.05) is 11.4 Å². The normalized spacial score (nSPS) is 13.6. The third-order valence-electron chi connectivity index (χ3n) is 3.96. The molecular formula is C17H19N3S. The molecule has 1 aliphatic rings. The van der Waals surface area contributed by atoms with E-state index < -0.39 is 0 Å². The summed E-state index contributed by atoms with van der Waals surface area (Å²) in [7, 11) is 0. The maximum atomic E-state index is 5.89. The number of nitrogens with two attached hydrogens (primary N) is 1. The van der Waals surface area contributed by atoms with Crippen LogP contribution in [-0.2, 0) is 12.8 Å². The molecule has 0 aliphatic heterocycles. The van der Waals surface area contributed by atoms with E-state index in [0.29, 0.717) is 4.99 Å². The van der Waals surface area contributed by atoms with E-state index in [-0.39, 0.29) is 0 Å². The quantitative estimate of drug-likeness (QED) is 0.849. The first-order valence-electron chi connectivity index (χ1n) is 7.30. The molecule has 4 heteroatoms. The number of hydrogen-bond donors (Lipinski definition) is 2. The van der Waals surface area contributed by atoms with Crippen LogP contribution in [-0.4, -0.2) is 9.97 Å². The van der Waals surface area contributed by atoms with E-state index in [1.807, 2.05) is 18.2 Å². The van der Waals surface area contributed by atoms with Gasteiger partial charge in [-0.05, 0) is 55.9 Å². The lowest BCUT2D eigenvalue weighted by molar-refractivity contribution is 0.668. The van der Waals surface area contributed by atoms with Crippen LogP contribution in [0.1, 0.15) is 35.2 Å². The van der Waals surface area contributed by atoms with Crippen molar-refractivity contribution in [3.63, 3.8) is 0 Å². The van der Waals surface area contributed by atoms with Gasteiger partial charge in [-0.2, -0.15) is 0 Å². The summed E-state index contributed by atoms with van der Waals surface area (Å²) in [5.74, 6) is 0.775. The number of thiocarbonyl (C=S) groups is 1. The molecule has 1 aromatic carbocycles. The molecular weight excluding hydrogens is 278 g/mol.